The van der Waals surface area contributed by atoms with Crippen molar-refractivity contribution in [1.82, 2.24) is 19.4 Å². The topological polar surface area (TPSA) is 114 Å². The molecule has 1 aliphatic heterocycles. The Hall–Kier alpha value is -4.15. The first kappa shape index (κ1) is 29.8. The van der Waals surface area contributed by atoms with E-state index >= 15 is 0 Å². The molecule has 2 heterocycles. The zero-order valence-corrected chi connectivity index (χ0v) is 23.7. The van der Waals surface area contributed by atoms with Gasteiger partial charge in [0.2, 0.25) is 0 Å². The van der Waals surface area contributed by atoms with Gasteiger partial charge < -0.3 is 14.6 Å². The van der Waals surface area contributed by atoms with Crippen molar-refractivity contribution >= 4 is 35.2 Å². The van der Waals surface area contributed by atoms with Gasteiger partial charge in [-0.1, -0.05) is 54.6 Å². The van der Waals surface area contributed by atoms with Gasteiger partial charge in [0, 0.05) is 50.4 Å². The number of para-hydroxylation sites is 2. The Morgan fingerprint density at radius 3 is 2.27 bits per heavy atom. The Morgan fingerprint density at radius 2 is 1.61 bits per heavy atom. The van der Waals surface area contributed by atoms with E-state index in [1.54, 1.807) is 21.6 Å². The van der Waals surface area contributed by atoms with Crippen molar-refractivity contribution in [2.45, 2.75) is 44.9 Å². The minimum Gasteiger partial charge on any atom is -0.448 e. The number of aromatic nitrogens is 2. The Kier molecular flexibility index (Phi) is 9.80. The highest BCUT2D eigenvalue weighted by Gasteiger charge is 2.27. The lowest BCUT2D eigenvalue weighted by Gasteiger charge is -2.33. The highest BCUT2D eigenvalue weighted by atomic mass is 35.5. The number of non-ortho nitro benzene ring substituents is 1. The average Bonchev–Trinajstić information content (AvgIpc) is 3.32. The Morgan fingerprint density at radius 1 is 1.00 bits per heavy atom. The largest absolute Gasteiger partial charge is 0.448 e. The first-order chi connectivity index (χ1) is 19.4. The minimum absolute atomic E-state index is 0. The highest BCUT2D eigenvalue weighted by Crippen LogP contribution is 2.25. The molecule has 1 saturated heterocycles. The number of ether oxygens (including phenoxy) is 1. The first-order valence-corrected chi connectivity index (χ1v) is 13.5. The zero-order valence-electron chi connectivity index (χ0n) is 22.8. The lowest BCUT2D eigenvalue weighted by molar-refractivity contribution is -0.384. The number of likely N-dealkylation sites (tertiary alicyclic amines) is 1. The number of fused-ring (bicyclic) bond motifs is 1. The summed E-state index contributed by atoms with van der Waals surface area (Å²) in [5.74, 6) is 0. The summed E-state index contributed by atoms with van der Waals surface area (Å²) in [4.78, 5) is 43.0. The number of hydrogen-bond donors (Lipinski definition) is 1. The SMILES string of the molecule is CC(COC(=O)N1CCC(n2c(=O)[nH]c3ccccc32)CC1)N(Cc1ccccc1)Cc1ccc([N+](=O)[O-])cc1.Cl. The van der Waals surface area contributed by atoms with Crippen LogP contribution < -0.4 is 5.69 Å². The van der Waals surface area contributed by atoms with Crippen molar-refractivity contribution in [3.8, 4) is 0 Å². The third kappa shape index (κ3) is 7.14. The van der Waals surface area contributed by atoms with Crippen LogP contribution in [0.2, 0.25) is 0 Å². The lowest BCUT2D eigenvalue weighted by Crippen LogP contribution is -2.42. The number of nitrogens with zero attached hydrogens (tertiary/aromatic N) is 4. The predicted molar refractivity (Wildman–Crippen MR) is 159 cm³/mol. The number of carbonyl (C=O) groups excluding carboxylic acids is 1. The van der Waals surface area contributed by atoms with Crippen molar-refractivity contribution in [3.05, 3.63) is 111 Å². The number of amides is 1. The van der Waals surface area contributed by atoms with Gasteiger partial charge in [-0.3, -0.25) is 19.6 Å². The summed E-state index contributed by atoms with van der Waals surface area (Å²) >= 11 is 0. The number of H-pyrrole nitrogens is 1. The number of aromatic amines is 1. The summed E-state index contributed by atoms with van der Waals surface area (Å²) in [5, 5.41) is 11.0. The zero-order chi connectivity index (χ0) is 28.1. The molecule has 3 aromatic carbocycles. The molecule has 10 nitrogen and oxygen atoms in total. The van der Waals surface area contributed by atoms with Crippen molar-refractivity contribution in [3.63, 3.8) is 0 Å². The van der Waals surface area contributed by atoms with Crippen LogP contribution in [0.3, 0.4) is 0 Å². The molecule has 41 heavy (non-hydrogen) atoms. The molecule has 1 amide bonds. The van der Waals surface area contributed by atoms with E-state index < -0.39 is 4.92 Å². The number of imidazole rings is 1. The van der Waals surface area contributed by atoms with E-state index in [0.29, 0.717) is 39.0 Å². The molecule has 1 atom stereocenters. The van der Waals surface area contributed by atoms with Gasteiger partial charge in [-0.25, -0.2) is 9.59 Å². The molecule has 4 aromatic rings. The molecule has 11 heteroatoms. The van der Waals surface area contributed by atoms with E-state index in [1.807, 2.05) is 61.5 Å². The molecular formula is C30H34ClN5O5. The molecule has 1 aliphatic rings. The van der Waals surface area contributed by atoms with Gasteiger partial charge in [0.1, 0.15) is 6.61 Å². The molecule has 1 unspecified atom stereocenters. The van der Waals surface area contributed by atoms with Crippen LogP contribution in [0.5, 0.6) is 0 Å². The third-order valence-corrected chi connectivity index (χ3v) is 7.54. The third-order valence-electron chi connectivity index (χ3n) is 7.54. The fourth-order valence-corrected chi connectivity index (χ4v) is 5.28. The highest BCUT2D eigenvalue weighted by molar-refractivity contribution is 5.85. The van der Waals surface area contributed by atoms with E-state index in [-0.39, 0.29) is 48.6 Å². The standard InChI is InChI=1S/C30H33N5O5.ClH/c1-22(33(19-23-7-3-2-4-8-23)20-24-11-13-26(14-12-24)35(38)39)21-40-30(37)32-17-15-25(16-18-32)34-28-10-6-5-9-27(28)31-29(34)36;/h2-14,22,25H,15-21H2,1H3,(H,31,36);1H. The van der Waals surface area contributed by atoms with E-state index in [0.717, 1.165) is 22.2 Å². The van der Waals surface area contributed by atoms with Gasteiger partial charge in [-0.05, 0) is 43.0 Å². The van der Waals surface area contributed by atoms with Crippen molar-refractivity contribution in [1.29, 1.82) is 0 Å². The van der Waals surface area contributed by atoms with Crippen LogP contribution >= 0.6 is 12.4 Å². The number of nitro groups is 1. The minimum atomic E-state index is -0.408. The Labute approximate surface area is 244 Å². The normalized spacial score (nSPS) is 14.5. The van der Waals surface area contributed by atoms with Crippen molar-refractivity contribution in [2.24, 2.45) is 0 Å². The molecule has 1 N–H and O–H groups in total. The molecule has 0 aliphatic carbocycles. The van der Waals surface area contributed by atoms with E-state index in [9.17, 15) is 19.7 Å². The summed E-state index contributed by atoms with van der Waals surface area (Å²) in [6.45, 7) is 4.44. The van der Waals surface area contributed by atoms with Gasteiger partial charge in [-0.15, -0.1) is 12.4 Å². The summed E-state index contributed by atoms with van der Waals surface area (Å²) in [7, 11) is 0. The first-order valence-electron chi connectivity index (χ1n) is 13.5. The maximum absolute atomic E-state index is 13.0. The van der Waals surface area contributed by atoms with E-state index in [1.165, 1.54) is 12.1 Å². The quantitative estimate of drug-likeness (QED) is 0.206. The monoisotopic (exact) mass is 579 g/mol. The Bertz CT molecular complexity index is 1510. The predicted octanol–water partition coefficient (Wildman–Crippen LogP) is 5.52. The smallest absolute Gasteiger partial charge is 0.409 e. The van der Waals surface area contributed by atoms with Crippen molar-refractivity contribution in [2.75, 3.05) is 19.7 Å². The molecular weight excluding hydrogens is 546 g/mol. The molecule has 216 valence electrons. The number of nitro benzene ring substituents is 1. The Balaban J connectivity index is 0.00000387. The maximum atomic E-state index is 13.0. The second-order valence-corrected chi connectivity index (χ2v) is 10.3. The van der Waals surface area contributed by atoms with Crippen molar-refractivity contribution < 1.29 is 14.5 Å². The van der Waals surface area contributed by atoms with Crippen LogP contribution in [0, 0.1) is 10.1 Å². The number of halogens is 1. The summed E-state index contributed by atoms with van der Waals surface area (Å²) in [6, 6.07) is 24.1. The van der Waals surface area contributed by atoms with Crippen LogP contribution in [0.15, 0.2) is 83.7 Å². The molecule has 5 rings (SSSR count). The summed E-state index contributed by atoms with van der Waals surface area (Å²) in [6.07, 6.45) is 0.992. The molecule has 0 saturated carbocycles. The van der Waals surface area contributed by atoms with E-state index in [2.05, 4.69) is 9.88 Å². The molecule has 1 fully saturated rings. The molecule has 0 bridgehead atoms. The van der Waals surface area contributed by atoms with Gasteiger partial charge >= 0.3 is 11.8 Å². The average molecular weight is 580 g/mol. The molecule has 1 aromatic heterocycles. The van der Waals surface area contributed by atoms with Gasteiger partial charge in [0.05, 0.1) is 16.0 Å². The second kappa shape index (κ2) is 13.5. The second-order valence-electron chi connectivity index (χ2n) is 10.3. The van der Waals surface area contributed by atoms with Crippen LogP contribution in [0.4, 0.5) is 10.5 Å². The number of carbonyl (C=O) groups is 1. The van der Waals surface area contributed by atoms with Crippen LogP contribution in [-0.2, 0) is 17.8 Å². The maximum Gasteiger partial charge on any atom is 0.409 e. The lowest BCUT2D eigenvalue weighted by atomic mass is 10.0. The van der Waals surface area contributed by atoms with Gasteiger partial charge in [0.25, 0.3) is 5.69 Å². The van der Waals surface area contributed by atoms with Crippen LogP contribution in [-0.4, -0.2) is 56.1 Å². The number of hydrogen-bond acceptors (Lipinski definition) is 6. The van der Waals surface area contributed by atoms with E-state index in [4.69, 9.17) is 4.74 Å². The number of benzene rings is 3. The summed E-state index contributed by atoms with van der Waals surface area (Å²) < 4.78 is 7.56. The summed E-state index contributed by atoms with van der Waals surface area (Å²) in [5.41, 5.74) is 3.69. The fraction of sp³-hybridized carbons (Fsp3) is 0.333. The van der Waals surface area contributed by atoms with Gasteiger partial charge in [0.15, 0.2) is 0 Å². The fourth-order valence-electron chi connectivity index (χ4n) is 5.28. The molecule has 0 spiro atoms. The van der Waals surface area contributed by atoms with Crippen LogP contribution in [0.1, 0.15) is 36.9 Å². The number of piperidine rings is 1. The molecule has 0 radical (unpaired) electrons. The van der Waals surface area contributed by atoms with Gasteiger partial charge in [-0.2, -0.15) is 0 Å². The van der Waals surface area contributed by atoms with Crippen LogP contribution in [0.25, 0.3) is 11.0 Å². The number of rotatable bonds is 9. The number of nitrogens with one attached hydrogen (secondary N) is 1.